The first-order chi connectivity index (χ1) is 29.3. The second kappa shape index (κ2) is 13.4. The summed E-state index contributed by atoms with van der Waals surface area (Å²) >= 11 is 0. The van der Waals surface area contributed by atoms with Crippen LogP contribution in [0.15, 0.2) is 211 Å². The standard InChI is InChI=1S/C56H34N2O/c1-3-17-36(18-4-1)52-42-24-11-12-25-43(42)55(54-38-21-8-7-16-35(38)30-31-47(52)54)44-33-32-41(39-22-9-10-23-40(39)44)48-34-49(58-56(57-48)37-19-5-2-6-20-37)45-27-15-29-51-53(45)46-26-13-14-28-50(46)59-51/h1-34H. The van der Waals surface area contributed by atoms with E-state index < -0.39 is 0 Å². The van der Waals surface area contributed by atoms with Gasteiger partial charge in [0, 0.05) is 27.5 Å². The summed E-state index contributed by atoms with van der Waals surface area (Å²) in [5, 5.41) is 11.8. The predicted molar refractivity (Wildman–Crippen MR) is 247 cm³/mol. The third-order valence-electron chi connectivity index (χ3n) is 11.9. The third-order valence-corrected chi connectivity index (χ3v) is 11.9. The van der Waals surface area contributed by atoms with Gasteiger partial charge in [-0.2, -0.15) is 0 Å². The molecule has 12 rings (SSSR count). The second-order valence-electron chi connectivity index (χ2n) is 15.2. The summed E-state index contributed by atoms with van der Waals surface area (Å²) < 4.78 is 6.33. The Bertz CT molecular complexity index is 3610. The molecule has 2 aromatic heterocycles. The molecule has 3 nitrogen and oxygen atoms in total. The van der Waals surface area contributed by atoms with Crippen molar-refractivity contribution in [3.8, 4) is 56.2 Å². The minimum absolute atomic E-state index is 0.677. The summed E-state index contributed by atoms with van der Waals surface area (Å²) in [7, 11) is 0. The van der Waals surface area contributed by atoms with Crippen molar-refractivity contribution in [2.75, 3.05) is 0 Å². The number of benzene rings is 10. The van der Waals surface area contributed by atoms with Gasteiger partial charge in [-0.05, 0) is 83.5 Å². The molecule has 0 unspecified atom stereocenters. The van der Waals surface area contributed by atoms with Crippen LogP contribution < -0.4 is 0 Å². The molecule has 0 N–H and O–H groups in total. The Labute approximate surface area is 340 Å². The molecule has 0 aliphatic heterocycles. The Balaban J connectivity index is 1.15. The van der Waals surface area contributed by atoms with Gasteiger partial charge in [-0.3, -0.25) is 0 Å². The van der Waals surface area contributed by atoms with Gasteiger partial charge in [0.05, 0.1) is 11.4 Å². The number of hydrogen-bond donors (Lipinski definition) is 0. The van der Waals surface area contributed by atoms with Crippen molar-refractivity contribution >= 4 is 65.0 Å². The fraction of sp³-hybridized carbons (Fsp3) is 0. The molecule has 0 bridgehead atoms. The molecule has 0 saturated carbocycles. The van der Waals surface area contributed by atoms with Crippen LogP contribution in [0.5, 0.6) is 0 Å². The molecule has 0 radical (unpaired) electrons. The quantitative estimate of drug-likeness (QED) is 0.130. The van der Waals surface area contributed by atoms with Crippen molar-refractivity contribution in [3.63, 3.8) is 0 Å². The normalized spacial score (nSPS) is 11.7. The van der Waals surface area contributed by atoms with Crippen LogP contribution in [-0.4, -0.2) is 9.97 Å². The van der Waals surface area contributed by atoms with Crippen LogP contribution >= 0.6 is 0 Å². The Morgan fingerprint density at radius 2 is 0.864 bits per heavy atom. The summed E-state index contributed by atoms with van der Waals surface area (Å²) in [4.78, 5) is 10.6. The smallest absolute Gasteiger partial charge is 0.160 e. The Hall–Kier alpha value is -7.88. The summed E-state index contributed by atoms with van der Waals surface area (Å²) in [6, 6.07) is 73.4. The molecule has 0 spiro atoms. The van der Waals surface area contributed by atoms with Crippen molar-refractivity contribution < 1.29 is 4.42 Å². The van der Waals surface area contributed by atoms with E-state index in [0.29, 0.717) is 5.82 Å². The van der Waals surface area contributed by atoms with Crippen molar-refractivity contribution in [2.45, 2.75) is 0 Å². The highest BCUT2D eigenvalue weighted by molar-refractivity contribution is 6.29. The lowest BCUT2D eigenvalue weighted by Crippen LogP contribution is -1.97. The minimum Gasteiger partial charge on any atom is -0.456 e. The first-order valence-corrected chi connectivity index (χ1v) is 20.1. The number of nitrogens with zero attached hydrogens (tertiary/aromatic N) is 2. The van der Waals surface area contributed by atoms with Crippen LogP contribution in [0.3, 0.4) is 0 Å². The molecule has 0 amide bonds. The van der Waals surface area contributed by atoms with Crippen LogP contribution in [0.1, 0.15) is 0 Å². The maximum Gasteiger partial charge on any atom is 0.160 e. The minimum atomic E-state index is 0.677. The molecule has 12 aromatic rings. The van der Waals surface area contributed by atoms with Gasteiger partial charge in [0.25, 0.3) is 0 Å². The SMILES string of the molecule is c1ccc(-c2nc(-c3ccc(-c4c5ccccc5c(-c5ccccc5)c5ccc6ccccc6c45)c4ccccc34)cc(-c3cccc4oc5ccccc5c34)n2)cc1. The average Bonchev–Trinajstić information content (AvgIpc) is 3.70. The molecule has 0 aliphatic rings. The predicted octanol–water partition coefficient (Wildman–Crippen LogP) is 15.3. The summed E-state index contributed by atoms with van der Waals surface area (Å²) in [6.07, 6.45) is 0. The fourth-order valence-electron chi connectivity index (χ4n) is 9.31. The summed E-state index contributed by atoms with van der Waals surface area (Å²) in [6.45, 7) is 0. The zero-order valence-corrected chi connectivity index (χ0v) is 31.9. The summed E-state index contributed by atoms with van der Waals surface area (Å²) in [5.74, 6) is 0.677. The number of rotatable bonds is 5. The second-order valence-corrected chi connectivity index (χ2v) is 15.2. The lowest BCUT2D eigenvalue weighted by atomic mass is 9.82. The van der Waals surface area contributed by atoms with Crippen LogP contribution in [-0.2, 0) is 0 Å². The van der Waals surface area contributed by atoms with Crippen molar-refractivity contribution in [3.05, 3.63) is 206 Å². The number of fused-ring (bicyclic) bond motifs is 8. The van der Waals surface area contributed by atoms with Crippen LogP contribution in [0.2, 0.25) is 0 Å². The van der Waals surface area contributed by atoms with Crippen LogP contribution in [0, 0.1) is 0 Å². The maximum absolute atomic E-state index is 6.33. The number of aromatic nitrogens is 2. The van der Waals surface area contributed by atoms with Gasteiger partial charge >= 0.3 is 0 Å². The molecule has 0 aliphatic carbocycles. The molecule has 59 heavy (non-hydrogen) atoms. The van der Waals surface area contributed by atoms with Crippen LogP contribution in [0.25, 0.3) is 121 Å². The zero-order valence-electron chi connectivity index (χ0n) is 31.9. The monoisotopic (exact) mass is 750 g/mol. The van der Waals surface area contributed by atoms with E-state index in [4.69, 9.17) is 14.4 Å². The molecule has 2 heterocycles. The first kappa shape index (κ1) is 33.3. The zero-order chi connectivity index (χ0) is 38.9. The van der Waals surface area contributed by atoms with Gasteiger partial charge < -0.3 is 4.42 Å². The molecular weight excluding hydrogens is 717 g/mol. The van der Waals surface area contributed by atoms with E-state index in [1.807, 2.05) is 36.4 Å². The van der Waals surface area contributed by atoms with Crippen molar-refractivity contribution in [1.82, 2.24) is 9.97 Å². The average molecular weight is 751 g/mol. The van der Waals surface area contributed by atoms with E-state index in [1.165, 1.54) is 60.0 Å². The third kappa shape index (κ3) is 5.29. The van der Waals surface area contributed by atoms with Gasteiger partial charge in [-0.15, -0.1) is 0 Å². The molecule has 0 atom stereocenters. The van der Waals surface area contributed by atoms with E-state index in [1.54, 1.807) is 0 Å². The van der Waals surface area contributed by atoms with E-state index in [9.17, 15) is 0 Å². The highest BCUT2D eigenvalue weighted by Gasteiger charge is 2.22. The van der Waals surface area contributed by atoms with Gasteiger partial charge in [-0.25, -0.2) is 9.97 Å². The Morgan fingerprint density at radius 3 is 1.63 bits per heavy atom. The molecule has 10 aromatic carbocycles. The van der Waals surface area contributed by atoms with Gasteiger partial charge in [-0.1, -0.05) is 188 Å². The largest absolute Gasteiger partial charge is 0.456 e. The van der Waals surface area contributed by atoms with Gasteiger partial charge in [0.15, 0.2) is 5.82 Å². The fourth-order valence-corrected chi connectivity index (χ4v) is 9.31. The molecule has 0 saturated heterocycles. The molecular formula is C56H34N2O. The van der Waals surface area contributed by atoms with E-state index >= 15 is 0 Å². The Morgan fingerprint density at radius 1 is 0.305 bits per heavy atom. The Kier molecular flexibility index (Phi) is 7.54. The van der Waals surface area contributed by atoms with E-state index in [2.05, 4.69) is 170 Å². The van der Waals surface area contributed by atoms with E-state index in [0.717, 1.165) is 55.4 Å². The lowest BCUT2D eigenvalue weighted by molar-refractivity contribution is 0.669. The van der Waals surface area contributed by atoms with E-state index in [-0.39, 0.29) is 0 Å². The highest BCUT2D eigenvalue weighted by atomic mass is 16.3. The van der Waals surface area contributed by atoms with Crippen molar-refractivity contribution in [1.29, 1.82) is 0 Å². The molecule has 274 valence electrons. The number of para-hydroxylation sites is 1. The van der Waals surface area contributed by atoms with Crippen molar-refractivity contribution in [2.24, 2.45) is 0 Å². The number of hydrogen-bond acceptors (Lipinski definition) is 3. The van der Waals surface area contributed by atoms with Gasteiger partial charge in [0.1, 0.15) is 11.2 Å². The molecule has 3 heteroatoms. The first-order valence-electron chi connectivity index (χ1n) is 20.1. The summed E-state index contributed by atoms with van der Waals surface area (Å²) in [5.41, 5.74) is 11.3. The van der Waals surface area contributed by atoms with Crippen LogP contribution in [0.4, 0.5) is 0 Å². The highest BCUT2D eigenvalue weighted by Crippen LogP contribution is 2.48. The number of furan rings is 1. The lowest BCUT2D eigenvalue weighted by Gasteiger charge is -2.21. The molecule has 0 fully saturated rings. The van der Waals surface area contributed by atoms with Gasteiger partial charge in [0.2, 0.25) is 0 Å². The topological polar surface area (TPSA) is 38.9 Å². The maximum atomic E-state index is 6.33.